The highest BCUT2D eigenvalue weighted by molar-refractivity contribution is 7.13. The number of rotatable bonds is 6. The van der Waals surface area contributed by atoms with Crippen LogP contribution in [0, 0.1) is 0 Å². The van der Waals surface area contributed by atoms with E-state index in [0.29, 0.717) is 6.61 Å². The van der Waals surface area contributed by atoms with Gasteiger partial charge in [0.25, 0.3) is 0 Å². The Labute approximate surface area is 117 Å². The zero-order valence-corrected chi connectivity index (χ0v) is 11.9. The van der Waals surface area contributed by atoms with Crippen molar-refractivity contribution in [1.82, 2.24) is 10.3 Å². The fourth-order valence-electron chi connectivity index (χ4n) is 2.06. The molecule has 2 aromatic rings. The van der Waals surface area contributed by atoms with Crippen LogP contribution in [-0.4, -0.2) is 18.1 Å². The highest BCUT2D eigenvalue weighted by atomic mass is 32.1. The molecule has 0 spiro atoms. The topological polar surface area (TPSA) is 34.1 Å². The van der Waals surface area contributed by atoms with Gasteiger partial charge in [0.05, 0.1) is 12.3 Å². The molecule has 0 bridgehead atoms. The van der Waals surface area contributed by atoms with E-state index < -0.39 is 0 Å². The Balaban J connectivity index is 1.77. The molecule has 1 aliphatic rings. The fourth-order valence-corrected chi connectivity index (χ4v) is 2.94. The average molecular weight is 274 g/mol. The first-order chi connectivity index (χ1) is 9.36. The Hall–Kier alpha value is -1.23. The predicted octanol–water partition coefficient (Wildman–Crippen LogP) is 3.21. The lowest BCUT2D eigenvalue weighted by Crippen LogP contribution is -2.15. The van der Waals surface area contributed by atoms with Crippen LogP contribution in [0.25, 0.3) is 10.6 Å². The molecule has 0 atom stereocenters. The van der Waals surface area contributed by atoms with Crippen LogP contribution in [0.2, 0.25) is 0 Å². The van der Waals surface area contributed by atoms with Gasteiger partial charge < -0.3 is 10.1 Å². The molecule has 0 amide bonds. The van der Waals surface area contributed by atoms with Crippen LogP contribution in [0.4, 0.5) is 0 Å². The Morgan fingerprint density at radius 2 is 2.21 bits per heavy atom. The minimum atomic E-state index is 0.630. The van der Waals surface area contributed by atoms with Gasteiger partial charge in [-0.2, -0.15) is 0 Å². The van der Waals surface area contributed by atoms with Gasteiger partial charge in [-0.1, -0.05) is 24.3 Å². The number of hydrogen-bond donors (Lipinski definition) is 1. The summed E-state index contributed by atoms with van der Waals surface area (Å²) in [5.41, 5.74) is 3.52. The largest absolute Gasteiger partial charge is 0.380 e. The molecule has 3 nitrogen and oxygen atoms in total. The molecule has 1 aromatic carbocycles. The first-order valence-electron chi connectivity index (χ1n) is 6.62. The molecular formula is C15H18N2OS. The third-order valence-corrected chi connectivity index (χ3v) is 4.17. The van der Waals surface area contributed by atoms with Crippen molar-refractivity contribution in [3.05, 3.63) is 40.9 Å². The maximum atomic E-state index is 5.25. The second kappa shape index (κ2) is 5.82. The van der Waals surface area contributed by atoms with Crippen LogP contribution in [0.5, 0.6) is 0 Å². The summed E-state index contributed by atoms with van der Waals surface area (Å²) in [6.45, 7) is 1.51. The van der Waals surface area contributed by atoms with E-state index in [1.165, 1.54) is 24.0 Å². The number of nitrogens with zero attached hydrogens (tertiary/aromatic N) is 1. The first kappa shape index (κ1) is 12.8. The number of ether oxygens (including phenoxy) is 1. The van der Waals surface area contributed by atoms with Crippen molar-refractivity contribution in [3.8, 4) is 10.6 Å². The monoisotopic (exact) mass is 274 g/mol. The number of thiazole rings is 1. The van der Waals surface area contributed by atoms with E-state index in [9.17, 15) is 0 Å². The van der Waals surface area contributed by atoms with Gasteiger partial charge in [0, 0.05) is 30.6 Å². The SMILES string of the molecule is COCc1ccccc1-c1nc(CNC2CC2)cs1. The van der Waals surface area contributed by atoms with Gasteiger partial charge in [-0.25, -0.2) is 4.98 Å². The van der Waals surface area contributed by atoms with E-state index in [2.05, 4.69) is 28.9 Å². The van der Waals surface area contributed by atoms with E-state index in [-0.39, 0.29) is 0 Å². The Morgan fingerprint density at radius 1 is 1.37 bits per heavy atom. The minimum Gasteiger partial charge on any atom is -0.380 e. The Kier molecular flexibility index (Phi) is 3.92. The second-order valence-corrected chi connectivity index (χ2v) is 5.75. The molecule has 100 valence electrons. The Morgan fingerprint density at radius 3 is 3.00 bits per heavy atom. The summed E-state index contributed by atoms with van der Waals surface area (Å²) in [7, 11) is 1.73. The van der Waals surface area contributed by atoms with Crippen molar-refractivity contribution >= 4 is 11.3 Å². The molecule has 19 heavy (non-hydrogen) atoms. The van der Waals surface area contributed by atoms with Crippen LogP contribution in [0.3, 0.4) is 0 Å². The summed E-state index contributed by atoms with van der Waals surface area (Å²) in [5.74, 6) is 0. The normalized spacial score (nSPS) is 14.8. The van der Waals surface area contributed by atoms with Gasteiger partial charge in [0.2, 0.25) is 0 Å². The number of hydrogen-bond acceptors (Lipinski definition) is 4. The van der Waals surface area contributed by atoms with E-state index in [4.69, 9.17) is 9.72 Å². The van der Waals surface area contributed by atoms with Crippen molar-refractivity contribution in [2.24, 2.45) is 0 Å². The predicted molar refractivity (Wildman–Crippen MR) is 78.1 cm³/mol. The lowest BCUT2D eigenvalue weighted by molar-refractivity contribution is 0.185. The fraction of sp³-hybridized carbons (Fsp3) is 0.400. The summed E-state index contributed by atoms with van der Waals surface area (Å²) in [4.78, 5) is 4.72. The maximum Gasteiger partial charge on any atom is 0.124 e. The summed E-state index contributed by atoms with van der Waals surface area (Å²) >= 11 is 1.71. The van der Waals surface area contributed by atoms with Crippen LogP contribution in [0.1, 0.15) is 24.1 Å². The Bertz CT molecular complexity index is 549. The molecule has 1 heterocycles. The molecule has 1 aromatic heterocycles. The van der Waals surface area contributed by atoms with Crippen LogP contribution in [-0.2, 0) is 17.9 Å². The molecule has 1 fully saturated rings. The van der Waals surface area contributed by atoms with Gasteiger partial charge in [-0.05, 0) is 18.4 Å². The van der Waals surface area contributed by atoms with Crippen LogP contribution >= 0.6 is 11.3 Å². The van der Waals surface area contributed by atoms with Gasteiger partial charge in [-0.3, -0.25) is 0 Å². The van der Waals surface area contributed by atoms with Crippen molar-refractivity contribution in [1.29, 1.82) is 0 Å². The van der Waals surface area contributed by atoms with Crippen molar-refractivity contribution < 1.29 is 4.74 Å². The number of nitrogens with one attached hydrogen (secondary N) is 1. The molecule has 4 heteroatoms. The average Bonchev–Trinajstić information content (AvgIpc) is 3.15. The minimum absolute atomic E-state index is 0.630. The lowest BCUT2D eigenvalue weighted by Gasteiger charge is -2.05. The second-order valence-electron chi connectivity index (χ2n) is 4.89. The molecule has 1 saturated carbocycles. The van der Waals surface area contributed by atoms with Gasteiger partial charge in [0.15, 0.2) is 0 Å². The van der Waals surface area contributed by atoms with Gasteiger partial charge >= 0.3 is 0 Å². The third-order valence-electron chi connectivity index (χ3n) is 3.25. The summed E-state index contributed by atoms with van der Waals surface area (Å²) < 4.78 is 5.25. The first-order valence-corrected chi connectivity index (χ1v) is 7.50. The molecule has 1 N–H and O–H groups in total. The van der Waals surface area contributed by atoms with E-state index in [1.807, 2.05) is 6.07 Å². The van der Waals surface area contributed by atoms with Crippen molar-refractivity contribution in [3.63, 3.8) is 0 Å². The lowest BCUT2D eigenvalue weighted by atomic mass is 10.1. The van der Waals surface area contributed by atoms with Gasteiger partial charge in [-0.15, -0.1) is 11.3 Å². The zero-order chi connectivity index (χ0) is 13.1. The van der Waals surface area contributed by atoms with E-state index in [1.54, 1.807) is 18.4 Å². The molecule has 3 rings (SSSR count). The zero-order valence-electron chi connectivity index (χ0n) is 11.1. The van der Waals surface area contributed by atoms with Gasteiger partial charge in [0.1, 0.15) is 5.01 Å². The number of methoxy groups -OCH3 is 1. The van der Waals surface area contributed by atoms with E-state index in [0.717, 1.165) is 23.3 Å². The van der Waals surface area contributed by atoms with Crippen LogP contribution in [0.15, 0.2) is 29.6 Å². The summed E-state index contributed by atoms with van der Waals surface area (Å²) in [6, 6.07) is 9.04. The molecular weight excluding hydrogens is 256 g/mol. The third kappa shape index (κ3) is 3.21. The maximum absolute atomic E-state index is 5.25. The molecule has 0 radical (unpaired) electrons. The smallest absolute Gasteiger partial charge is 0.124 e. The molecule has 0 aliphatic heterocycles. The number of aromatic nitrogens is 1. The standard InChI is InChI=1S/C15H18N2OS/c1-18-9-11-4-2-3-5-14(11)15-17-13(10-19-15)8-16-12-6-7-12/h2-5,10,12,16H,6-9H2,1H3. The van der Waals surface area contributed by atoms with Crippen molar-refractivity contribution in [2.75, 3.05) is 7.11 Å². The summed E-state index contributed by atoms with van der Waals surface area (Å²) in [6.07, 6.45) is 2.63. The van der Waals surface area contributed by atoms with Crippen molar-refractivity contribution in [2.45, 2.75) is 32.0 Å². The highest BCUT2D eigenvalue weighted by Crippen LogP contribution is 2.28. The summed E-state index contributed by atoms with van der Waals surface area (Å²) in [5, 5.41) is 6.73. The quantitative estimate of drug-likeness (QED) is 0.878. The highest BCUT2D eigenvalue weighted by Gasteiger charge is 2.20. The van der Waals surface area contributed by atoms with E-state index >= 15 is 0 Å². The number of benzene rings is 1. The molecule has 0 unspecified atom stereocenters. The molecule has 1 aliphatic carbocycles. The molecule has 0 saturated heterocycles. The van der Waals surface area contributed by atoms with Crippen LogP contribution < -0.4 is 5.32 Å².